The van der Waals surface area contributed by atoms with Crippen LogP contribution in [-0.4, -0.2) is 60.6 Å². The lowest BCUT2D eigenvalue weighted by atomic mass is 9.93. The molecule has 0 unspecified atom stereocenters. The maximum atomic E-state index is 12.9. The van der Waals surface area contributed by atoms with E-state index in [2.05, 4.69) is 59.0 Å². The SMILES string of the molecule is C[C@@H]1CN(C(=N[C@H]2CCCC[C@@H]2OCc2ccccc2)Nc2ccc(C(=O)NCCc3ccc(Cl)cc3Cl)cc2)C[C@H](C)N1. The number of hydrogen-bond donors (Lipinski definition) is 3. The molecule has 1 saturated carbocycles. The summed E-state index contributed by atoms with van der Waals surface area (Å²) in [6.07, 6.45) is 5.02. The minimum absolute atomic E-state index is 0.0762. The van der Waals surface area contributed by atoms with Crippen molar-refractivity contribution < 1.29 is 9.53 Å². The van der Waals surface area contributed by atoms with Gasteiger partial charge in [0.2, 0.25) is 0 Å². The Labute approximate surface area is 271 Å². The number of amides is 1. The summed E-state index contributed by atoms with van der Waals surface area (Å²) in [4.78, 5) is 20.5. The van der Waals surface area contributed by atoms with Crippen LogP contribution in [0.2, 0.25) is 10.0 Å². The average Bonchev–Trinajstić information content (AvgIpc) is 3.01. The lowest BCUT2D eigenvalue weighted by molar-refractivity contribution is 0.00433. The van der Waals surface area contributed by atoms with E-state index in [9.17, 15) is 4.79 Å². The molecular formula is C35H43Cl2N5O2. The Morgan fingerprint density at radius 1 is 0.977 bits per heavy atom. The van der Waals surface area contributed by atoms with Crippen LogP contribution in [0.1, 0.15) is 61.0 Å². The Bertz CT molecular complexity index is 1390. The van der Waals surface area contributed by atoms with Crippen LogP contribution in [0.15, 0.2) is 77.8 Å². The predicted octanol–water partition coefficient (Wildman–Crippen LogP) is 6.94. The molecule has 0 aromatic heterocycles. The van der Waals surface area contributed by atoms with Crippen LogP contribution in [0.25, 0.3) is 0 Å². The standard InChI is InChI=1S/C35H43Cl2N5O2/c1-24-21-42(22-25(2)39-24)35(41-32-10-6-7-11-33(32)44-23-26-8-4-3-5-9-26)40-30-16-13-28(14-17-30)34(43)38-19-18-27-12-15-29(36)20-31(27)37/h3-5,8-9,12-17,20,24-25,32-33,39H,6-7,10-11,18-19,21-23H2,1-2H3,(H,38,43)(H,40,41)/t24-,25+,32-,33-/m0/s1. The molecule has 234 valence electrons. The van der Waals surface area contributed by atoms with Gasteiger partial charge in [-0.1, -0.05) is 72.4 Å². The number of guanidine groups is 1. The van der Waals surface area contributed by atoms with Crippen molar-refractivity contribution in [3.05, 3.63) is 99.5 Å². The number of nitrogens with one attached hydrogen (secondary N) is 3. The van der Waals surface area contributed by atoms with E-state index in [0.29, 0.717) is 47.3 Å². The van der Waals surface area contributed by atoms with Gasteiger partial charge in [0.05, 0.1) is 18.8 Å². The summed E-state index contributed by atoms with van der Waals surface area (Å²) in [5, 5.41) is 11.4. The zero-order valence-corrected chi connectivity index (χ0v) is 27.1. The van der Waals surface area contributed by atoms with E-state index >= 15 is 0 Å². The van der Waals surface area contributed by atoms with Gasteiger partial charge in [-0.2, -0.15) is 0 Å². The normalized spacial score (nSPS) is 22.5. The van der Waals surface area contributed by atoms with Gasteiger partial charge in [-0.3, -0.25) is 4.79 Å². The number of piperazine rings is 1. The van der Waals surface area contributed by atoms with Crippen molar-refractivity contribution in [3.8, 4) is 0 Å². The number of anilines is 1. The first-order chi connectivity index (χ1) is 21.3. The molecule has 3 aromatic rings. The molecule has 3 aromatic carbocycles. The summed E-state index contributed by atoms with van der Waals surface area (Å²) < 4.78 is 6.45. The molecule has 0 bridgehead atoms. The first-order valence-corrected chi connectivity index (χ1v) is 16.4. The zero-order chi connectivity index (χ0) is 30.9. The second kappa shape index (κ2) is 15.8. The zero-order valence-electron chi connectivity index (χ0n) is 25.6. The number of benzene rings is 3. The molecule has 2 fully saturated rings. The Morgan fingerprint density at radius 2 is 1.70 bits per heavy atom. The van der Waals surface area contributed by atoms with Crippen molar-refractivity contribution >= 4 is 40.8 Å². The van der Waals surface area contributed by atoms with E-state index in [-0.39, 0.29) is 18.1 Å². The van der Waals surface area contributed by atoms with Gasteiger partial charge in [-0.25, -0.2) is 4.99 Å². The highest BCUT2D eigenvalue weighted by molar-refractivity contribution is 6.35. The molecule has 1 aliphatic heterocycles. The molecule has 0 spiro atoms. The van der Waals surface area contributed by atoms with Crippen LogP contribution < -0.4 is 16.0 Å². The topological polar surface area (TPSA) is 78.0 Å². The van der Waals surface area contributed by atoms with E-state index in [0.717, 1.165) is 56.0 Å². The molecule has 2 aliphatic rings. The third-order valence-corrected chi connectivity index (χ3v) is 8.80. The Hall–Kier alpha value is -3.10. The van der Waals surface area contributed by atoms with E-state index in [4.69, 9.17) is 32.9 Å². The first-order valence-electron chi connectivity index (χ1n) is 15.7. The number of carbonyl (C=O) groups is 1. The number of carbonyl (C=O) groups excluding carboxylic acids is 1. The fourth-order valence-corrected chi connectivity index (χ4v) is 6.52. The molecule has 1 heterocycles. The van der Waals surface area contributed by atoms with E-state index in [1.54, 1.807) is 6.07 Å². The van der Waals surface area contributed by atoms with E-state index in [1.165, 1.54) is 5.56 Å². The molecule has 0 radical (unpaired) electrons. The Morgan fingerprint density at radius 3 is 2.43 bits per heavy atom. The summed E-state index contributed by atoms with van der Waals surface area (Å²) in [5.41, 5.74) is 3.62. The fraction of sp³-hybridized carbons (Fsp3) is 0.429. The van der Waals surface area contributed by atoms with Gasteiger partial charge in [-0.05, 0) is 80.6 Å². The molecule has 44 heavy (non-hydrogen) atoms. The highest BCUT2D eigenvalue weighted by Crippen LogP contribution is 2.26. The van der Waals surface area contributed by atoms with Crippen molar-refractivity contribution in [2.45, 2.75) is 76.8 Å². The van der Waals surface area contributed by atoms with Gasteiger partial charge in [-0.15, -0.1) is 0 Å². The van der Waals surface area contributed by atoms with Crippen LogP contribution in [0.3, 0.4) is 0 Å². The Kier molecular flexibility index (Phi) is 11.6. The van der Waals surface area contributed by atoms with Crippen LogP contribution >= 0.6 is 23.2 Å². The van der Waals surface area contributed by atoms with Gasteiger partial charge in [0, 0.05) is 53.0 Å². The highest BCUT2D eigenvalue weighted by atomic mass is 35.5. The summed E-state index contributed by atoms with van der Waals surface area (Å²) in [5.74, 6) is 0.739. The smallest absolute Gasteiger partial charge is 0.251 e. The lowest BCUT2D eigenvalue weighted by Crippen LogP contribution is -2.57. The summed E-state index contributed by atoms with van der Waals surface area (Å²) >= 11 is 12.3. The quantitative estimate of drug-likeness (QED) is 0.175. The molecule has 3 N–H and O–H groups in total. The molecule has 5 rings (SSSR count). The summed E-state index contributed by atoms with van der Waals surface area (Å²) in [6, 6.07) is 24.1. The third-order valence-electron chi connectivity index (χ3n) is 8.22. The van der Waals surface area contributed by atoms with Crippen molar-refractivity contribution in [1.82, 2.24) is 15.5 Å². The Balaban J connectivity index is 1.26. The molecular weight excluding hydrogens is 593 g/mol. The maximum absolute atomic E-state index is 12.9. The largest absolute Gasteiger partial charge is 0.371 e. The van der Waals surface area contributed by atoms with Crippen LogP contribution in [0.5, 0.6) is 0 Å². The average molecular weight is 637 g/mol. The van der Waals surface area contributed by atoms with Crippen LogP contribution in [-0.2, 0) is 17.8 Å². The van der Waals surface area contributed by atoms with Gasteiger partial charge in [0.15, 0.2) is 5.96 Å². The minimum atomic E-state index is -0.124. The lowest BCUT2D eigenvalue weighted by Gasteiger charge is -2.39. The van der Waals surface area contributed by atoms with Crippen LogP contribution in [0, 0.1) is 0 Å². The second-order valence-electron chi connectivity index (χ2n) is 12.0. The molecule has 9 heteroatoms. The van der Waals surface area contributed by atoms with Gasteiger partial charge in [0.1, 0.15) is 0 Å². The van der Waals surface area contributed by atoms with E-state index in [1.807, 2.05) is 42.5 Å². The number of nitrogens with zero attached hydrogens (tertiary/aromatic N) is 2. The fourth-order valence-electron chi connectivity index (χ4n) is 6.02. The third kappa shape index (κ3) is 9.21. The first kappa shape index (κ1) is 32.3. The summed E-state index contributed by atoms with van der Waals surface area (Å²) in [7, 11) is 0. The van der Waals surface area contributed by atoms with Gasteiger partial charge in [0.25, 0.3) is 5.91 Å². The van der Waals surface area contributed by atoms with Gasteiger partial charge >= 0.3 is 0 Å². The minimum Gasteiger partial charge on any atom is -0.371 e. The number of halogens is 2. The van der Waals surface area contributed by atoms with Crippen molar-refractivity contribution in [2.75, 3.05) is 25.0 Å². The van der Waals surface area contributed by atoms with Crippen molar-refractivity contribution in [3.63, 3.8) is 0 Å². The predicted molar refractivity (Wildman–Crippen MR) is 181 cm³/mol. The molecule has 1 amide bonds. The molecule has 1 aliphatic carbocycles. The number of rotatable bonds is 9. The molecule has 1 saturated heterocycles. The van der Waals surface area contributed by atoms with Gasteiger partial charge < -0.3 is 25.6 Å². The van der Waals surface area contributed by atoms with Crippen LogP contribution in [0.4, 0.5) is 5.69 Å². The van der Waals surface area contributed by atoms with Crippen molar-refractivity contribution in [1.29, 1.82) is 0 Å². The highest BCUT2D eigenvalue weighted by Gasteiger charge is 2.29. The van der Waals surface area contributed by atoms with Crippen molar-refractivity contribution in [2.24, 2.45) is 4.99 Å². The maximum Gasteiger partial charge on any atom is 0.251 e. The molecule has 4 atom stereocenters. The number of hydrogen-bond acceptors (Lipinski definition) is 4. The van der Waals surface area contributed by atoms with E-state index < -0.39 is 0 Å². The molecule has 7 nitrogen and oxygen atoms in total. The second-order valence-corrected chi connectivity index (χ2v) is 12.8. The number of ether oxygens (including phenoxy) is 1. The number of aliphatic imine (C=N–C) groups is 1. The monoisotopic (exact) mass is 635 g/mol. The summed E-state index contributed by atoms with van der Waals surface area (Å²) in [6.45, 7) is 7.21.